The van der Waals surface area contributed by atoms with Gasteiger partial charge in [0.25, 0.3) is 0 Å². The molecular weight excluding hydrogens is 204 g/mol. The highest BCUT2D eigenvalue weighted by Gasteiger charge is 2.16. The quantitative estimate of drug-likeness (QED) is 0.839. The molecule has 1 aliphatic heterocycles. The number of hydrogen-bond acceptors (Lipinski definition) is 4. The van der Waals surface area contributed by atoms with Crippen LogP contribution in [0.5, 0.6) is 5.88 Å². The summed E-state index contributed by atoms with van der Waals surface area (Å²) in [6.45, 7) is 4.27. The molecule has 2 N–H and O–H groups in total. The van der Waals surface area contributed by atoms with E-state index in [1.807, 2.05) is 19.1 Å². The lowest BCUT2D eigenvalue weighted by Gasteiger charge is -2.11. The van der Waals surface area contributed by atoms with E-state index < -0.39 is 0 Å². The SMILES string of the molecule is C[C@@H](N)c1ccnc(OCC2CCOC2)c1. The number of pyridine rings is 1. The first kappa shape index (κ1) is 11.4. The van der Waals surface area contributed by atoms with Crippen LogP contribution < -0.4 is 10.5 Å². The fourth-order valence-electron chi connectivity index (χ4n) is 1.70. The van der Waals surface area contributed by atoms with Crippen molar-refractivity contribution in [3.05, 3.63) is 23.9 Å². The van der Waals surface area contributed by atoms with Gasteiger partial charge in [0.15, 0.2) is 0 Å². The van der Waals surface area contributed by atoms with Gasteiger partial charge >= 0.3 is 0 Å². The van der Waals surface area contributed by atoms with Crippen molar-refractivity contribution in [1.29, 1.82) is 0 Å². The molecule has 4 nitrogen and oxygen atoms in total. The van der Waals surface area contributed by atoms with Crippen molar-refractivity contribution < 1.29 is 9.47 Å². The zero-order valence-corrected chi connectivity index (χ0v) is 9.56. The highest BCUT2D eigenvalue weighted by atomic mass is 16.5. The smallest absolute Gasteiger partial charge is 0.213 e. The van der Waals surface area contributed by atoms with Crippen LogP contribution in [0.25, 0.3) is 0 Å². The molecule has 1 fully saturated rings. The first-order valence-corrected chi connectivity index (χ1v) is 5.68. The van der Waals surface area contributed by atoms with Crippen LogP contribution in [0.2, 0.25) is 0 Å². The van der Waals surface area contributed by atoms with Gasteiger partial charge in [0.1, 0.15) is 0 Å². The van der Waals surface area contributed by atoms with Crippen molar-refractivity contribution in [2.45, 2.75) is 19.4 Å². The molecule has 4 heteroatoms. The molecule has 0 radical (unpaired) electrons. The Hall–Kier alpha value is -1.13. The van der Waals surface area contributed by atoms with Gasteiger partial charge in [-0.05, 0) is 25.0 Å². The third-order valence-electron chi connectivity index (χ3n) is 2.78. The van der Waals surface area contributed by atoms with Gasteiger partial charge in [-0.2, -0.15) is 0 Å². The molecule has 1 unspecified atom stereocenters. The van der Waals surface area contributed by atoms with Crippen LogP contribution in [0.3, 0.4) is 0 Å². The molecule has 16 heavy (non-hydrogen) atoms. The standard InChI is InChI=1S/C12H18N2O2/c1-9(13)11-2-4-14-12(6-11)16-8-10-3-5-15-7-10/h2,4,6,9-10H,3,5,7-8,13H2,1H3/t9-,10?/m1/s1. The molecule has 2 atom stereocenters. The average Bonchev–Trinajstić information content (AvgIpc) is 2.79. The average molecular weight is 222 g/mol. The van der Waals surface area contributed by atoms with Gasteiger partial charge in [-0.3, -0.25) is 0 Å². The topological polar surface area (TPSA) is 57.4 Å². The summed E-state index contributed by atoms with van der Waals surface area (Å²) in [4.78, 5) is 4.16. The fourth-order valence-corrected chi connectivity index (χ4v) is 1.70. The zero-order valence-electron chi connectivity index (χ0n) is 9.56. The lowest BCUT2D eigenvalue weighted by atomic mass is 10.1. The Morgan fingerprint density at radius 1 is 1.69 bits per heavy atom. The van der Waals surface area contributed by atoms with Crippen LogP contribution in [0.15, 0.2) is 18.3 Å². The molecule has 1 saturated heterocycles. The second-order valence-electron chi connectivity index (χ2n) is 4.26. The lowest BCUT2D eigenvalue weighted by Crippen LogP contribution is -2.13. The fraction of sp³-hybridized carbons (Fsp3) is 0.583. The number of nitrogens with two attached hydrogens (primary N) is 1. The third kappa shape index (κ3) is 2.93. The Kier molecular flexibility index (Phi) is 3.74. The Bertz CT molecular complexity index is 336. The van der Waals surface area contributed by atoms with Gasteiger partial charge in [0.2, 0.25) is 5.88 Å². The van der Waals surface area contributed by atoms with Gasteiger partial charge < -0.3 is 15.2 Å². The molecule has 2 heterocycles. The predicted molar refractivity (Wildman–Crippen MR) is 61.3 cm³/mol. The molecule has 0 aliphatic carbocycles. The monoisotopic (exact) mass is 222 g/mol. The van der Waals surface area contributed by atoms with E-state index in [0.717, 1.165) is 25.2 Å². The van der Waals surface area contributed by atoms with Crippen LogP contribution in [-0.2, 0) is 4.74 Å². The minimum atomic E-state index is 0.0140. The van der Waals surface area contributed by atoms with E-state index in [9.17, 15) is 0 Å². The van der Waals surface area contributed by atoms with Gasteiger partial charge in [0.05, 0.1) is 13.2 Å². The Morgan fingerprint density at radius 2 is 2.56 bits per heavy atom. The largest absolute Gasteiger partial charge is 0.477 e. The summed E-state index contributed by atoms with van der Waals surface area (Å²) in [7, 11) is 0. The van der Waals surface area contributed by atoms with Crippen molar-refractivity contribution in [2.75, 3.05) is 19.8 Å². The van der Waals surface area contributed by atoms with Gasteiger partial charge in [0, 0.05) is 30.8 Å². The summed E-state index contributed by atoms with van der Waals surface area (Å²) in [6.07, 6.45) is 2.81. The van der Waals surface area contributed by atoms with Crippen LogP contribution in [0, 0.1) is 5.92 Å². The van der Waals surface area contributed by atoms with Crippen LogP contribution >= 0.6 is 0 Å². The molecule has 0 amide bonds. The maximum absolute atomic E-state index is 5.80. The van der Waals surface area contributed by atoms with E-state index in [0.29, 0.717) is 18.4 Å². The molecule has 0 aromatic carbocycles. The number of nitrogens with zero attached hydrogens (tertiary/aromatic N) is 1. The first-order chi connectivity index (χ1) is 7.75. The van der Waals surface area contributed by atoms with Crippen LogP contribution in [-0.4, -0.2) is 24.8 Å². The Balaban J connectivity index is 1.90. The molecule has 1 aliphatic rings. The number of hydrogen-bond donors (Lipinski definition) is 1. The third-order valence-corrected chi connectivity index (χ3v) is 2.78. The molecule has 0 bridgehead atoms. The summed E-state index contributed by atoms with van der Waals surface area (Å²) >= 11 is 0. The highest BCUT2D eigenvalue weighted by Crippen LogP contribution is 2.17. The van der Waals surface area contributed by atoms with Gasteiger partial charge in [-0.25, -0.2) is 4.98 Å². The van der Waals surface area contributed by atoms with E-state index in [1.54, 1.807) is 6.20 Å². The molecule has 0 saturated carbocycles. The molecule has 0 spiro atoms. The number of aromatic nitrogens is 1. The van der Waals surface area contributed by atoms with Crippen LogP contribution in [0.1, 0.15) is 24.9 Å². The van der Waals surface area contributed by atoms with Crippen LogP contribution in [0.4, 0.5) is 0 Å². The summed E-state index contributed by atoms with van der Waals surface area (Å²) < 4.78 is 10.9. The normalized spacial score (nSPS) is 22.0. The number of ether oxygens (including phenoxy) is 2. The highest BCUT2D eigenvalue weighted by molar-refractivity contribution is 5.22. The van der Waals surface area contributed by atoms with E-state index in [4.69, 9.17) is 15.2 Å². The molecule has 1 aromatic rings. The van der Waals surface area contributed by atoms with E-state index in [1.165, 1.54) is 0 Å². The predicted octanol–water partition coefficient (Wildman–Crippen LogP) is 1.52. The van der Waals surface area contributed by atoms with E-state index in [2.05, 4.69) is 4.98 Å². The second kappa shape index (κ2) is 5.27. The minimum Gasteiger partial charge on any atom is -0.477 e. The van der Waals surface area contributed by atoms with Crippen molar-refractivity contribution in [3.8, 4) is 5.88 Å². The Labute approximate surface area is 95.8 Å². The molecule has 2 rings (SSSR count). The van der Waals surface area contributed by atoms with Crippen molar-refractivity contribution in [2.24, 2.45) is 11.7 Å². The maximum atomic E-state index is 5.80. The first-order valence-electron chi connectivity index (χ1n) is 5.68. The molecular formula is C12H18N2O2. The summed E-state index contributed by atoms with van der Waals surface area (Å²) in [5, 5.41) is 0. The second-order valence-corrected chi connectivity index (χ2v) is 4.26. The minimum absolute atomic E-state index is 0.0140. The summed E-state index contributed by atoms with van der Waals surface area (Å²) in [5.41, 5.74) is 6.85. The van der Waals surface area contributed by atoms with Crippen molar-refractivity contribution >= 4 is 0 Å². The van der Waals surface area contributed by atoms with Gasteiger partial charge in [-0.1, -0.05) is 0 Å². The van der Waals surface area contributed by atoms with Crippen molar-refractivity contribution in [3.63, 3.8) is 0 Å². The number of rotatable bonds is 4. The molecule has 1 aromatic heterocycles. The summed E-state index contributed by atoms with van der Waals surface area (Å²) in [5.74, 6) is 1.16. The van der Waals surface area contributed by atoms with E-state index in [-0.39, 0.29) is 6.04 Å². The Morgan fingerprint density at radius 3 is 3.25 bits per heavy atom. The van der Waals surface area contributed by atoms with Crippen molar-refractivity contribution in [1.82, 2.24) is 4.98 Å². The molecule has 88 valence electrons. The van der Waals surface area contributed by atoms with E-state index >= 15 is 0 Å². The maximum Gasteiger partial charge on any atom is 0.213 e. The summed E-state index contributed by atoms with van der Waals surface area (Å²) in [6, 6.07) is 3.83. The lowest BCUT2D eigenvalue weighted by molar-refractivity contribution is 0.165. The zero-order chi connectivity index (χ0) is 11.4. The van der Waals surface area contributed by atoms with Gasteiger partial charge in [-0.15, -0.1) is 0 Å².